The van der Waals surface area contributed by atoms with Gasteiger partial charge in [0.1, 0.15) is 0 Å². The van der Waals surface area contributed by atoms with Crippen molar-refractivity contribution in [3.63, 3.8) is 0 Å². The van der Waals surface area contributed by atoms with Crippen molar-refractivity contribution in [3.8, 4) is 0 Å². The largest absolute Gasteiger partial charge is 0.394 e. The second-order valence-corrected chi connectivity index (χ2v) is 4.95. The molecule has 0 heterocycles. The van der Waals surface area contributed by atoms with Gasteiger partial charge in [-0.25, -0.2) is 0 Å². The van der Waals surface area contributed by atoms with Gasteiger partial charge in [0.15, 0.2) is 0 Å². The fraction of sp³-hybridized carbons (Fsp3) is 0.889. The number of carbonyl (C=O) groups is 1. The van der Waals surface area contributed by atoms with E-state index in [-0.39, 0.29) is 6.61 Å². The van der Waals surface area contributed by atoms with Gasteiger partial charge in [0.05, 0.1) is 18.2 Å². The van der Waals surface area contributed by atoms with Crippen LogP contribution in [0.2, 0.25) is 0 Å². The summed E-state index contributed by atoms with van der Waals surface area (Å²) in [4.78, 5) is 10.9. The summed E-state index contributed by atoms with van der Waals surface area (Å²) in [6.45, 7) is 1.39. The zero-order valence-corrected chi connectivity index (χ0v) is 9.80. The Morgan fingerprint density at radius 1 is 1.60 bits per heavy atom. The molecule has 0 aliphatic rings. The van der Waals surface area contributed by atoms with Crippen LogP contribution in [-0.2, 0) is 4.79 Å². The summed E-state index contributed by atoms with van der Waals surface area (Å²) in [6, 6.07) is 0. The van der Waals surface area contributed by atoms with Crippen molar-refractivity contribution >= 4 is 17.7 Å². The van der Waals surface area contributed by atoms with E-state index in [9.17, 15) is 4.79 Å². The molecular formula is C9H20N2O3S. The molecule has 2 unspecified atom stereocenters. The molecule has 0 aliphatic carbocycles. The highest BCUT2D eigenvalue weighted by molar-refractivity contribution is 7.99. The smallest absolute Gasteiger partial charge is 0.237 e. The molecule has 6 N–H and O–H groups in total. The Morgan fingerprint density at radius 3 is 2.67 bits per heavy atom. The Bertz CT molecular complexity index is 200. The van der Waals surface area contributed by atoms with Crippen molar-refractivity contribution in [3.05, 3.63) is 0 Å². The van der Waals surface area contributed by atoms with E-state index < -0.39 is 17.6 Å². The van der Waals surface area contributed by atoms with E-state index in [1.807, 2.05) is 0 Å². The maximum atomic E-state index is 10.9. The molecule has 0 fully saturated rings. The van der Waals surface area contributed by atoms with Gasteiger partial charge in [0.25, 0.3) is 0 Å². The highest BCUT2D eigenvalue weighted by Crippen LogP contribution is 2.12. The van der Waals surface area contributed by atoms with Gasteiger partial charge in [0.2, 0.25) is 5.91 Å². The van der Waals surface area contributed by atoms with Gasteiger partial charge in [-0.1, -0.05) is 0 Å². The molecule has 15 heavy (non-hydrogen) atoms. The summed E-state index contributed by atoms with van der Waals surface area (Å²) in [7, 11) is 0. The van der Waals surface area contributed by atoms with Crippen LogP contribution in [0.3, 0.4) is 0 Å². The molecule has 0 saturated heterocycles. The number of hydrogen-bond donors (Lipinski definition) is 4. The lowest BCUT2D eigenvalue weighted by Crippen LogP contribution is -2.49. The fourth-order valence-electron chi connectivity index (χ4n) is 0.937. The molecule has 0 rings (SSSR count). The van der Waals surface area contributed by atoms with Crippen LogP contribution in [0.25, 0.3) is 0 Å². The van der Waals surface area contributed by atoms with Gasteiger partial charge >= 0.3 is 0 Å². The first-order valence-electron chi connectivity index (χ1n) is 4.85. The minimum Gasteiger partial charge on any atom is -0.394 e. The van der Waals surface area contributed by atoms with E-state index in [0.29, 0.717) is 12.2 Å². The molecule has 0 aromatic heterocycles. The number of primary amides is 1. The van der Waals surface area contributed by atoms with Crippen LogP contribution in [0.4, 0.5) is 0 Å². The normalized spacial score (nSPS) is 17.1. The lowest BCUT2D eigenvalue weighted by atomic mass is 9.97. The van der Waals surface area contributed by atoms with E-state index in [0.717, 1.165) is 12.2 Å². The fourth-order valence-corrected chi connectivity index (χ4v) is 1.83. The van der Waals surface area contributed by atoms with Crippen LogP contribution < -0.4 is 11.5 Å². The quantitative estimate of drug-likeness (QED) is 0.406. The molecule has 2 atom stereocenters. The second kappa shape index (κ2) is 7.05. The zero-order valence-electron chi connectivity index (χ0n) is 8.98. The van der Waals surface area contributed by atoms with Gasteiger partial charge in [-0.2, -0.15) is 11.8 Å². The van der Waals surface area contributed by atoms with Gasteiger partial charge in [-0.05, 0) is 25.5 Å². The van der Waals surface area contributed by atoms with Crippen molar-refractivity contribution in [1.29, 1.82) is 0 Å². The van der Waals surface area contributed by atoms with Crippen molar-refractivity contribution < 1.29 is 15.0 Å². The molecule has 0 saturated carbocycles. The van der Waals surface area contributed by atoms with Crippen LogP contribution in [0.5, 0.6) is 0 Å². The summed E-state index contributed by atoms with van der Waals surface area (Å²) in [5.74, 6) is 0.786. The number of carbonyl (C=O) groups excluding carboxylic acids is 1. The summed E-state index contributed by atoms with van der Waals surface area (Å²) >= 11 is 1.52. The minimum absolute atomic E-state index is 0.219. The van der Waals surface area contributed by atoms with Crippen LogP contribution in [0.15, 0.2) is 0 Å². The Hall–Kier alpha value is -0.300. The topological polar surface area (TPSA) is 110 Å². The average molecular weight is 236 g/mol. The lowest BCUT2D eigenvalue weighted by Gasteiger charge is -2.19. The van der Waals surface area contributed by atoms with Gasteiger partial charge in [-0.15, -0.1) is 0 Å². The van der Waals surface area contributed by atoms with Crippen LogP contribution >= 0.6 is 11.8 Å². The number of amides is 1. The van der Waals surface area contributed by atoms with E-state index >= 15 is 0 Å². The zero-order chi connectivity index (χ0) is 11.9. The predicted octanol–water partition coefficient (Wildman–Crippen LogP) is -0.944. The summed E-state index contributed by atoms with van der Waals surface area (Å²) < 4.78 is 0. The minimum atomic E-state index is -0.948. The third kappa shape index (κ3) is 6.72. The SMILES string of the molecule is CC(N)(CCCSCC(O)CO)C(N)=O. The summed E-state index contributed by atoms with van der Waals surface area (Å²) in [5, 5.41) is 17.6. The molecule has 6 heteroatoms. The molecular weight excluding hydrogens is 216 g/mol. The predicted molar refractivity (Wildman–Crippen MR) is 61.4 cm³/mol. The number of nitrogens with two attached hydrogens (primary N) is 2. The van der Waals surface area contributed by atoms with Crippen molar-refractivity contribution in [1.82, 2.24) is 0 Å². The highest BCUT2D eigenvalue weighted by atomic mass is 32.2. The van der Waals surface area contributed by atoms with Crippen molar-refractivity contribution in [2.24, 2.45) is 11.5 Å². The molecule has 0 aromatic carbocycles. The van der Waals surface area contributed by atoms with Crippen LogP contribution in [-0.4, -0.2) is 45.9 Å². The number of thioether (sulfide) groups is 1. The van der Waals surface area contributed by atoms with Crippen LogP contribution in [0, 0.1) is 0 Å². The number of aliphatic hydroxyl groups is 2. The van der Waals surface area contributed by atoms with Gasteiger partial charge < -0.3 is 21.7 Å². The summed E-state index contributed by atoms with van der Waals surface area (Å²) in [6.07, 6.45) is 0.624. The Labute approximate surface area is 94.2 Å². The Balaban J connectivity index is 3.51. The van der Waals surface area contributed by atoms with E-state index in [4.69, 9.17) is 21.7 Å². The highest BCUT2D eigenvalue weighted by Gasteiger charge is 2.24. The van der Waals surface area contributed by atoms with Crippen molar-refractivity contribution in [2.45, 2.75) is 31.4 Å². The van der Waals surface area contributed by atoms with Gasteiger partial charge in [0, 0.05) is 5.75 Å². The first-order valence-corrected chi connectivity index (χ1v) is 6.01. The number of hydrogen-bond acceptors (Lipinski definition) is 5. The van der Waals surface area contributed by atoms with E-state index in [1.54, 1.807) is 6.92 Å². The first-order chi connectivity index (χ1) is 6.90. The third-order valence-corrected chi connectivity index (χ3v) is 3.27. The second-order valence-electron chi connectivity index (χ2n) is 3.80. The maximum absolute atomic E-state index is 10.9. The molecule has 5 nitrogen and oxygen atoms in total. The molecule has 0 radical (unpaired) electrons. The van der Waals surface area contributed by atoms with Gasteiger partial charge in [-0.3, -0.25) is 4.79 Å². The number of rotatable bonds is 8. The molecule has 0 bridgehead atoms. The number of aliphatic hydroxyl groups excluding tert-OH is 2. The van der Waals surface area contributed by atoms with E-state index in [2.05, 4.69) is 0 Å². The summed E-state index contributed by atoms with van der Waals surface area (Å²) in [5.41, 5.74) is 9.82. The van der Waals surface area contributed by atoms with Crippen molar-refractivity contribution in [2.75, 3.05) is 18.1 Å². The molecule has 90 valence electrons. The maximum Gasteiger partial charge on any atom is 0.237 e. The molecule has 0 aliphatic heterocycles. The molecule has 1 amide bonds. The third-order valence-electron chi connectivity index (χ3n) is 2.07. The Kier molecular flexibility index (Phi) is 6.91. The lowest BCUT2D eigenvalue weighted by molar-refractivity contribution is -0.122. The van der Waals surface area contributed by atoms with Crippen LogP contribution in [0.1, 0.15) is 19.8 Å². The molecule has 0 spiro atoms. The van der Waals surface area contributed by atoms with E-state index in [1.165, 1.54) is 11.8 Å². The average Bonchev–Trinajstić information content (AvgIpc) is 2.16. The standard InChI is InChI=1S/C9H20N2O3S/c1-9(11,8(10)14)3-2-4-15-6-7(13)5-12/h7,12-13H,2-6,11H2,1H3,(H2,10,14). The first kappa shape index (κ1) is 14.7. The Morgan fingerprint density at radius 2 is 2.20 bits per heavy atom. The molecule has 0 aromatic rings. The monoisotopic (exact) mass is 236 g/mol.